The molecule has 1 saturated heterocycles. The van der Waals surface area contributed by atoms with E-state index in [-0.39, 0.29) is 11.5 Å². The van der Waals surface area contributed by atoms with E-state index >= 15 is 0 Å². The molecule has 0 aromatic rings. The summed E-state index contributed by atoms with van der Waals surface area (Å²) in [6, 6.07) is 0.141. The summed E-state index contributed by atoms with van der Waals surface area (Å²) in [7, 11) is -2.81. The highest BCUT2D eigenvalue weighted by molar-refractivity contribution is 7.91. The van der Waals surface area contributed by atoms with Gasteiger partial charge in [0.05, 0.1) is 11.5 Å². The lowest BCUT2D eigenvalue weighted by Gasteiger charge is -2.33. The lowest BCUT2D eigenvalue weighted by Crippen LogP contribution is -2.46. The number of hydrogen-bond acceptors (Lipinski definition) is 4. The fourth-order valence-corrected chi connectivity index (χ4v) is 4.48. The van der Waals surface area contributed by atoms with Crippen LogP contribution in [0.15, 0.2) is 11.6 Å². The van der Waals surface area contributed by atoms with Gasteiger partial charge in [-0.1, -0.05) is 32.4 Å². The Morgan fingerprint density at radius 3 is 2.70 bits per heavy atom. The molecule has 1 N–H and O–H groups in total. The van der Waals surface area contributed by atoms with Crippen molar-refractivity contribution in [3.8, 4) is 0 Å². The van der Waals surface area contributed by atoms with Gasteiger partial charge in [0.2, 0.25) is 0 Å². The standard InChI is InChI=1S/C15H28N2O2S/c1-15(2,3)13-4-8-17(9-5-13)10-6-14-12-20(18,19)11-7-16-14/h4,14,16H,5-12H2,1-3H3. The summed E-state index contributed by atoms with van der Waals surface area (Å²) in [6.07, 6.45) is 4.42. The topological polar surface area (TPSA) is 49.4 Å². The van der Waals surface area contributed by atoms with Crippen molar-refractivity contribution in [1.29, 1.82) is 0 Å². The lowest BCUT2D eigenvalue weighted by atomic mass is 9.83. The summed E-state index contributed by atoms with van der Waals surface area (Å²) in [5.74, 6) is 0.606. The Kier molecular flexibility index (Phi) is 4.92. The second-order valence-corrected chi connectivity index (χ2v) is 9.31. The number of rotatable bonds is 3. The maximum Gasteiger partial charge on any atom is 0.153 e. The van der Waals surface area contributed by atoms with Crippen LogP contribution in [0.1, 0.15) is 33.6 Å². The maximum absolute atomic E-state index is 11.6. The summed E-state index contributed by atoms with van der Waals surface area (Å²) in [5, 5.41) is 3.33. The minimum atomic E-state index is -2.81. The molecule has 5 heteroatoms. The Morgan fingerprint density at radius 2 is 2.15 bits per heavy atom. The fourth-order valence-electron chi connectivity index (χ4n) is 2.99. The molecule has 0 amide bonds. The van der Waals surface area contributed by atoms with E-state index in [1.165, 1.54) is 0 Å². The Labute approximate surface area is 123 Å². The minimum Gasteiger partial charge on any atom is -0.312 e. The zero-order valence-corrected chi connectivity index (χ0v) is 13.8. The van der Waals surface area contributed by atoms with Crippen molar-refractivity contribution < 1.29 is 8.42 Å². The molecule has 0 spiro atoms. The Balaban J connectivity index is 1.78. The fraction of sp³-hybridized carbons (Fsp3) is 0.867. The number of hydrogen-bond donors (Lipinski definition) is 1. The van der Waals surface area contributed by atoms with Crippen LogP contribution in [0.2, 0.25) is 0 Å². The number of nitrogens with zero attached hydrogens (tertiary/aromatic N) is 1. The van der Waals surface area contributed by atoms with Crippen molar-refractivity contribution in [3.05, 3.63) is 11.6 Å². The average molecular weight is 300 g/mol. The van der Waals surface area contributed by atoms with Crippen LogP contribution in [-0.4, -0.2) is 57.0 Å². The van der Waals surface area contributed by atoms with E-state index in [2.05, 4.69) is 37.1 Å². The van der Waals surface area contributed by atoms with Crippen molar-refractivity contribution in [2.24, 2.45) is 5.41 Å². The zero-order chi connectivity index (χ0) is 14.8. The SMILES string of the molecule is CC(C)(C)C1=CCN(CCC2CS(=O)(=O)CCN2)CC1. The second kappa shape index (κ2) is 6.16. The van der Waals surface area contributed by atoms with Gasteiger partial charge in [-0.05, 0) is 24.8 Å². The third-order valence-electron chi connectivity index (χ3n) is 4.35. The third kappa shape index (κ3) is 4.57. The second-order valence-electron chi connectivity index (χ2n) is 7.08. The van der Waals surface area contributed by atoms with Gasteiger partial charge in [-0.25, -0.2) is 8.42 Å². The summed E-state index contributed by atoms with van der Waals surface area (Å²) in [5.41, 5.74) is 1.83. The Hall–Kier alpha value is -0.390. The van der Waals surface area contributed by atoms with E-state index in [9.17, 15) is 8.42 Å². The molecular formula is C15H28N2O2S. The highest BCUT2D eigenvalue weighted by Gasteiger charge is 2.25. The van der Waals surface area contributed by atoms with E-state index in [4.69, 9.17) is 0 Å². The molecular weight excluding hydrogens is 272 g/mol. The molecule has 0 aliphatic carbocycles. The van der Waals surface area contributed by atoms with Gasteiger partial charge < -0.3 is 5.32 Å². The first-order valence-corrected chi connectivity index (χ1v) is 9.44. The van der Waals surface area contributed by atoms with E-state index in [0.29, 0.717) is 18.1 Å². The molecule has 2 heterocycles. The normalized spacial score (nSPS) is 28.1. The van der Waals surface area contributed by atoms with Crippen LogP contribution in [0.4, 0.5) is 0 Å². The lowest BCUT2D eigenvalue weighted by molar-refractivity contribution is 0.264. The smallest absolute Gasteiger partial charge is 0.153 e. The zero-order valence-electron chi connectivity index (χ0n) is 13.0. The summed E-state index contributed by atoms with van der Waals surface area (Å²) in [4.78, 5) is 2.43. The van der Waals surface area contributed by atoms with Crippen LogP contribution in [0.5, 0.6) is 0 Å². The van der Waals surface area contributed by atoms with Crippen molar-refractivity contribution in [2.45, 2.75) is 39.7 Å². The first-order chi connectivity index (χ1) is 9.26. The summed E-state index contributed by atoms with van der Waals surface area (Å²) < 4.78 is 23.2. The maximum atomic E-state index is 11.6. The van der Waals surface area contributed by atoms with Crippen LogP contribution >= 0.6 is 0 Å². The molecule has 1 atom stereocenters. The van der Waals surface area contributed by atoms with Crippen LogP contribution in [0, 0.1) is 5.41 Å². The largest absolute Gasteiger partial charge is 0.312 e. The number of sulfone groups is 1. The minimum absolute atomic E-state index is 0.141. The summed E-state index contributed by atoms with van der Waals surface area (Å²) >= 11 is 0. The molecule has 0 radical (unpaired) electrons. The molecule has 116 valence electrons. The van der Waals surface area contributed by atoms with Gasteiger partial charge >= 0.3 is 0 Å². The number of nitrogens with one attached hydrogen (secondary N) is 1. The molecule has 20 heavy (non-hydrogen) atoms. The van der Waals surface area contributed by atoms with Gasteiger partial charge in [-0.3, -0.25) is 4.90 Å². The van der Waals surface area contributed by atoms with Gasteiger partial charge in [-0.2, -0.15) is 0 Å². The monoisotopic (exact) mass is 300 g/mol. The molecule has 0 saturated carbocycles. The Morgan fingerprint density at radius 1 is 1.40 bits per heavy atom. The predicted octanol–water partition coefficient (Wildman–Crippen LogP) is 1.44. The van der Waals surface area contributed by atoms with E-state index in [1.807, 2.05) is 0 Å². The Bertz CT molecular complexity index is 463. The quantitative estimate of drug-likeness (QED) is 0.801. The van der Waals surface area contributed by atoms with Crippen molar-refractivity contribution in [3.63, 3.8) is 0 Å². The third-order valence-corrected chi connectivity index (χ3v) is 6.09. The van der Waals surface area contributed by atoms with Gasteiger partial charge in [0.25, 0.3) is 0 Å². The molecule has 0 aromatic carbocycles. The molecule has 0 aromatic heterocycles. The summed E-state index contributed by atoms with van der Waals surface area (Å²) in [6.45, 7) is 10.5. The van der Waals surface area contributed by atoms with Crippen LogP contribution in [0.3, 0.4) is 0 Å². The van der Waals surface area contributed by atoms with E-state index in [1.54, 1.807) is 5.57 Å². The molecule has 2 rings (SSSR count). The van der Waals surface area contributed by atoms with Crippen LogP contribution < -0.4 is 5.32 Å². The molecule has 0 bridgehead atoms. The molecule has 2 aliphatic heterocycles. The molecule has 4 nitrogen and oxygen atoms in total. The van der Waals surface area contributed by atoms with Crippen molar-refractivity contribution >= 4 is 9.84 Å². The van der Waals surface area contributed by atoms with E-state index < -0.39 is 9.84 Å². The van der Waals surface area contributed by atoms with Gasteiger partial charge in [0, 0.05) is 25.7 Å². The highest BCUT2D eigenvalue weighted by atomic mass is 32.2. The first kappa shape index (κ1) is 16.0. The van der Waals surface area contributed by atoms with Gasteiger partial charge in [-0.15, -0.1) is 0 Å². The van der Waals surface area contributed by atoms with Crippen molar-refractivity contribution in [2.75, 3.05) is 37.7 Å². The van der Waals surface area contributed by atoms with Crippen LogP contribution in [-0.2, 0) is 9.84 Å². The van der Waals surface area contributed by atoms with Gasteiger partial charge in [0.1, 0.15) is 0 Å². The molecule has 1 fully saturated rings. The molecule has 1 unspecified atom stereocenters. The van der Waals surface area contributed by atoms with Crippen molar-refractivity contribution in [1.82, 2.24) is 10.2 Å². The first-order valence-electron chi connectivity index (χ1n) is 7.62. The predicted molar refractivity (Wildman–Crippen MR) is 83.7 cm³/mol. The van der Waals surface area contributed by atoms with Crippen LogP contribution in [0.25, 0.3) is 0 Å². The van der Waals surface area contributed by atoms with E-state index in [0.717, 1.165) is 32.5 Å². The average Bonchev–Trinajstić information content (AvgIpc) is 2.35. The highest BCUT2D eigenvalue weighted by Crippen LogP contribution is 2.30. The molecule has 2 aliphatic rings. The van der Waals surface area contributed by atoms with Gasteiger partial charge in [0.15, 0.2) is 9.84 Å².